The summed E-state index contributed by atoms with van der Waals surface area (Å²) in [6.07, 6.45) is 0. The highest BCUT2D eigenvalue weighted by Gasteiger charge is 2.10. The van der Waals surface area contributed by atoms with Crippen molar-refractivity contribution in [3.63, 3.8) is 0 Å². The van der Waals surface area contributed by atoms with Crippen LogP contribution in [-0.2, 0) is 0 Å². The van der Waals surface area contributed by atoms with E-state index in [2.05, 4.69) is 36.5 Å². The summed E-state index contributed by atoms with van der Waals surface area (Å²) in [6, 6.07) is 7.05. The predicted molar refractivity (Wildman–Crippen MR) is 83.1 cm³/mol. The zero-order valence-corrected chi connectivity index (χ0v) is 13.1. The Labute approximate surface area is 126 Å². The molecule has 0 radical (unpaired) electrons. The van der Waals surface area contributed by atoms with E-state index in [1.54, 1.807) is 25.2 Å². The molecule has 0 spiro atoms. The number of amides is 1. The van der Waals surface area contributed by atoms with Crippen LogP contribution in [-0.4, -0.2) is 22.9 Å². The maximum Gasteiger partial charge on any atom is 0.257 e. The number of rotatable bonds is 3. The van der Waals surface area contributed by atoms with Crippen molar-refractivity contribution in [3.05, 3.63) is 45.7 Å². The first-order chi connectivity index (χ1) is 9.49. The summed E-state index contributed by atoms with van der Waals surface area (Å²) in [4.78, 5) is 20.8. The van der Waals surface area contributed by atoms with Crippen molar-refractivity contribution in [2.75, 3.05) is 17.7 Å². The van der Waals surface area contributed by atoms with Crippen LogP contribution in [0.25, 0.3) is 0 Å². The van der Waals surface area contributed by atoms with E-state index in [0.717, 1.165) is 15.9 Å². The average molecular weight is 335 g/mol. The maximum absolute atomic E-state index is 12.2. The fraction of sp³-hybridized carbons (Fsp3) is 0.214. The molecule has 0 fully saturated rings. The molecule has 104 valence electrons. The number of hydrogen-bond donors (Lipinski definition) is 2. The van der Waals surface area contributed by atoms with E-state index in [0.29, 0.717) is 17.2 Å². The molecule has 5 nitrogen and oxygen atoms in total. The number of halogens is 1. The fourth-order valence-corrected chi connectivity index (χ4v) is 1.95. The van der Waals surface area contributed by atoms with Crippen LogP contribution in [0.15, 0.2) is 28.7 Å². The van der Waals surface area contributed by atoms with E-state index in [1.165, 1.54) is 0 Å². The topological polar surface area (TPSA) is 66.9 Å². The van der Waals surface area contributed by atoms with Crippen LogP contribution in [0.3, 0.4) is 0 Å². The number of carbonyl (C=O) groups is 1. The molecule has 2 aromatic heterocycles. The van der Waals surface area contributed by atoms with Crippen molar-refractivity contribution >= 4 is 33.5 Å². The Kier molecular flexibility index (Phi) is 4.34. The summed E-state index contributed by atoms with van der Waals surface area (Å²) in [5, 5.41) is 5.71. The molecular weight excluding hydrogens is 320 g/mol. The lowest BCUT2D eigenvalue weighted by Gasteiger charge is -2.08. The summed E-state index contributed by atoms with van der Waals surface area (Å²) in [6.45, 7) is 3.72. The Morgan fingerprint density at radius 2 is 1.90 bits per heavy atom. The van der Waals surface area contributed by atoms with Crippen molar-refractivity contribution in [1.82, 2.24) is 9.97 Å². The van der Waals surface area contributed by atoms with Crippen molar-refractivity contribution in [2.45, 2.75) is 13.8 Å². The first-order valence-electron chi connectivity index (χ1n) is 6.10. The van der Waals surface area contributed by atoms with Gasteiger partial charge in [-0.2, -0.15) is 0 Å². The van der Waals surface area contributed by atoms with Gasteiger partial charge in [-0.05, 0) is 54.0 Å². The Balaban J connectivity index is 2.23. The van der Waals surface area contributed by atoms with Crippen molar-refractivity contribution in [3.8, 4) is 0 Å². The average Bonchev–Trinajstić information content (AvgIpc) is 2.42. The molecule has 0 aliphatic heterocycles. The Morgan fingerprint density at radius 1 is 1.15 bits per heavy atom. The zero-order valence-electron chi connectivity index (χ0n) is 11.5. The third-order valence-corrected chi connectivity index (χ3v) is 3.57. The van der Waals surface area contributed by atoms with Gasteiger partial charge in [0, 0.05) is 22.8 Å². The van der Waals surface area contributed by atoms with Crippen LogP contribution in [0.4, 0.5) is 11.6 Å². The van der Waals surface area contributed by atoms with Gasteiger partial charge in [-0.1, -0.05) is 0 Å². The Morgan fingerprint density at radius 3 is 2.55 bits per heavy atom. The van der Waals surface area contributed by atoms with E-state index >= 15 is 0 Å². The third-order valence-electron chi connectivity index (χ3n) is 2.73. The lowest BCUT2D eigenvalue weighted by atomic mass is 10.2. The molecule has 2 heterocycles. The Bertz CT molecular complexity index is 658. The van der Waals surface area contributed by atoms with Crippen LogP contribution >= 0.6 is 15.9 Å². The summed E-state index contributed by atoms with van der Waals surface area (Å²) >= 11 is 3.38. The monoisotopic (exact) mass is 334 g/mol. The van der Waals surface area contributed by atoms with Gasteiger partial charge >= 0.3 is 0 Å². The number of carbonyl (C=O) groups excluding carboxylic acids is 1. The van der Waals surface area contributed by atoms with E-state index in [1.807, 2.05) is 19.9 Å². The van der Waals surface area contributed by atoms with E-state index in [-0.39, 0.29) is 5.91 Å². The first kappa shape index (κ1) is 14.5. The second-order valence-electron chi connectivity index (χ2n) is 4.35. The van der Waals surface area contributed by atoms with E-state index in [9.17, 15) is 4.79 Å². The molecule has 2 aromatic rings. The molecule has 0 atom stereocenters. The van der Waals surface area contributed by atoms with Crippen LogP contribution in [0.2, 0.25) is 0 Å². The normalized spacial score (nSPS) is 10.2. The summed E-state index contributed by atoms with van der Waals surface area (Å²) < 4.78 is 0.910. The minimum atomic E-state index is -0.207. The lowest BCUT2D eigenvalue weighted by Crippen LogP contribution is -2.14. The highest BCUT2D eigenvalue weighted by molar-refractivity contribution is 9.10. The van der Waals surface area contributed by atoms with Crippen molar-refractivity contribution in [1.29, 1.82) is 0 Å². The quantitative estimate of drug-likeness (QED) is 0.904. The van der Waals surface area contributed by atoms with Gasteiger partial charge in [-0.25, -0.2) is 9.97 Å². The molecule has 0 saturated heterocycles. The third kappa shape index (κ3) is 3.33. The largest absolute Gasteiger partial charge is 0.373 e. The highest BCUT2D eigenvalue weighted by atomic mass is 79.9. The van der Waals surface area contributed by atoms with Crippen LogP contribution in [0, 0.1) is 13.8 Å². The molecule has 6 heteroatoms. The van der Waals surface area contributed by atoms with Crippen LogP contribution in [0.5, 0.6) is 0 Å². The standard InChI is InChI=1S/C14H15BrN4O/c1-8-6-10(7-13(16-3)17-8)14(20)19-12-5-4-11(15)9(2)18-12/h4-7H,1-3H3,(H,16,17)(H,18,19,20). The summed E-state index contributed by atoms with van der Waals surface area (Å²) in [5.74, 6) is 0.979. The number of anilines is 2. The predicted octanol–water partition coefficient (Wildman–Crippen LogP) is 3.15. The molecular formula is C14H15BrN4O. The fourth-order valence-electron chi connectivity index (χ4n) is 1.73. The lowest BCUT2D eigenvalue weighted by molar-refractivity contribution is 0.102. The highest BCUT2D eigenvalue weighted by Crippen LogP contribution is 2.17. The van der Waals surface area contributed by atoms with Gasteiger partial charge in [0.1, 0.15) is 11.6 Å². The molecule has 2 N–H and O–H groups in total. The molecule has 20 heavy (non-hydrogen) atoms. The second kappa shape index (κ2) is 6.00. The van der Waals surface area contributed by atoms with Gasteiger partial charge in [0.2, 0.25) is 0 Å². The molecule has 0 aromatic carbocycles. The number of pyridine rings is 2. The molecule has 0 saturated carbocycles. The molecule has 0 bridgehead atoms. The van der Waals surface area contributed by atoms with E-state index < -0.39 is 0 Å². The zero-order chi connectivity index (χ0) is 14.7. The number of aromatic nitrogens is 2. The van der Waals surface area contributed by atoms with E-state index in [4.69, 9.17) is 0 Å². The number of aryl methyl sites for hydroxylation is 2. The SMILES string of the molecule is CNc1cc(C(=O)Nc2ccc(Br)c(C)n2)cc(C)n1. The Hall–Kier alpha value is -1.95. The smallest absolute Gasteiger partial charge is 0.257 e. The molecule has 2 rings (SSSR count). The minimum Gasteiger partial charge on any atom is -0.373 e. The molecule has 0 aliphatic carbocycles. The maximum atomic E-state index is 12.2. The molecule has 0 unspecified atom stereocenters. The number of hydrogen-bond acceptors (Lipinski definition) is 4. The summed E-state index contributed by atoms with van der Waals surface area (Å²) in [7, 11) is 1.77. The van der Waals surface area contributed by atoms with Gasteiger partial charge < -0.3 is 10.6 Å². The van der Waals surface area contributed by atoms with Crippen molar-refractivity contribution < 1.29 is 4.79 Å². The van der Waals surface area contributed by atoms with Gasteiger partial charge in [0.05, 0.1) is 5.69 Å². The second-order valence-corrected chi connectivity index (χ2v) is 5.20. The van der Waals surface area contributed by atoms with Crippen LogP contribution < -0.4 is 10.6 Å². The minimum absolute atomic E-state index is 0.207. The van der Waals surface area contributed by atoms with Gasteiger partial charge in [0.15, 0.2) is 0 Å². The molecule has 0 aliphatic rings. The summed E-state index contributed by atoms with van der Waals surface area (Å²) in [5.41, 5.74) is 2.15. The van der Waals surface area contributed by atoms with Gasteiger partial charge in [-0.15, -0.1) is 0 Å². The number of nitrogens with zero attached hydrogens (tertiary/aromatic N) is 2. The number of nitrogens with one attached hydrogen (secondary N) is 2. The first-order valence-corrected chi connectivity index (χ1v) is 6.90. The van der Waals surface area contributed by atoms with Gasteiger partial charge in [-0.3, -0.25) is 4.79 Å². The van der Waals surface area contributed by atoms with Gasteiger partial charge in [0.25, 0.3) is 5.91 Å². The van der Waals surface area contributed by atoms with Crippen LogP contribution in [0.1, 0.15) is 21.7 Å². The molecule has 1 amide bonds. The van der Waals surface area contributed by atoms with Crippen molar-refractivity contribution in [2.24, 2.45) is 0 Å².